The lowest BCUT2D eigenvalue weighted by molar-refractivity contribution is -0.274. The minimum absolute atomic E-state index is 0.259. The molecule has 4 nitrogen and oxygen atoms in total. The van der Waals surface area contributed by atoms with Gasteiger partial charge in [0.15, 0.2) is 0 Å². The monoisotopic (exact) mass is 355 g/mol. The van der Waals surface area contributed by atoms with E-state index in [1.807, 2.05) is 4.90 Å². The van der Waals surface area contributed by atoms with E-state index in [0.29, 0.717) is 5.82 Å². The topological polar surface area (TPSA) is 37.4 Å². The highest BCUT2D eigenvalue weighted by Gasteiger charge is 2.31. The highest BCUT2D eigenvalue weighted by molar-refractivity contribution is 5.45. The van der Waals surface area contributed by atoms with Crippen LogP contribution in [0.25, 0.3) is 0 Å². The van der Waals surface area contributed by atoms with Crippen molar-refractivity contribution >= 4 is 11.5 Å². The first kappa shape index (κ1) is 17.3. The second-order valence-corrected chi connectivity index (χ2v) is 5.81. The summed E-state index contributed by atoms with van der Waals surface area (Å²) >= 11 is 0. The Morgan fingerprint density at radius 1 is 1.04 bits per heavy atom. The van der Waals surface area contributed by atoms with Crippen molar-refractivity contribution in [3.63, 3.8) is 0 Å². The molecule has 0 amide bonds. The smallest absolute Gasteiger partial charge is 0.404 e. The first-order valence-electron chi connectivity index (χ1n) is 7.88. The van der Waals surface area contributed by atoms with Crippen LogP contribution in [0.3, 0.4) is 0 Å². The van der Waals surface area contributed by atoms with Gasteiger partial charge < -0.3 is 15.0 Å². The summed E-state index contributed by atoms with van der Waals surface area (Å²) < 4.78 is 53.2. The van der Waals surface area contributed by atoms with Crippen molar-refractivity contribution in [3.05, 3.63) is 48.4 Å². The molecule has 1 fully saturated rings. The van der Waals surface area contributed by atoms with Crippen LogP contribution in [-0.2, 0) is 0 Å². The number of hydrogen-bond acceptors (Lipinski definition) is 4. The Balaban J connectivity index is 1.52. The van der Waals surface area contributed by atoms with E-state index in [1.165, 1.54) is 24.3 Å². The number of nitrogens with one attached hydrogen (secondary N) is 1. The molecule has 1 aromatic carbocycles. The summed E-state index contributed by atoms with van der Waals surface area (Å²) in [4.78, 5) is 6.06. The molecule has 1 N–H and O–H groups in total. The first-order valence-corrected chi connectivity index (χ1v) is 7.88. The van der Waals surface area contributed by atoms with Gasteiger partial charge in [-0.25, -0.2) is 9.37 Å². The predicted octanol–water partition coefficient (Wildman–Crippen LogP) is 4.20. The van der Waals surface area contributed by atoms with E-state index >= 15 is 0 Å². The average molecular weight is 355 g/mol. The van der Waals surface area contributed by atoms with E-state index in [4.69, 9.17) is 0 Å². The van der Waals surface area contributed by atoms with Gasteiger partial charge in [0.1, 0.15) is 17.4 Å². The maximum atomic E-state index is 12.9. The summed E-state index contributed by atoms with van der Waals surface area (Å²) in [7, 11) is 0. The molecule has 2 heterocycles. The number of anilines is 2. The molecule has 1 aliphatic rings. The molecular weight excluding hydrogens is 338 g/mol. The second-order valence-electron chi connectivity index (χ2n) is 5.81. The molecule has 8 heteroatoms. The third-order valence-electron chi connectivity index (χ3n) is 3.99. The molecule has 134 valence electrons. The summed E-state index contributed by atoms with van der Waals surface area (Å²) in [6.07, 6.45) is -1.95. The summed E-state index contributed by atoms with van der Waals surface area (Å²) in [5, 5.41) is 3.36. The van der Waals surface area contributed by atoms with Crippen LogP contribution in [0.2, 0.25) is 0 Å². The van der Waals surface area contributed by atoms with Gasteiger partial charge >= 0.3 is 6.36 Å². The highest BCUT2D eigenvalue weighted by Crippen LogP contribution is 2.25. The van der Waals surface area contributed by atoms with Gasteiger partial charge in [-0.2, -0.15) is 0 Å². The summed E-state index contributed by atoms with van der Waals surface area (Å²) in [6, 6.07) is 9.26. The number of halogens is 4. The normalized spacial score (nSPS) is 15.9. The zero-order valence-corrected chi connectivity index (χ0v) is 13.3. The standard InChI is InChI=1S/C17H17F4N3O/c18-12-1-3-13(4-2-12)23-14-7-9-24(10-8-14)16-6-5-15(11-22-16)25-17(19,20)21/h1-6,11,14,23H,7-10H2. The number of hydrogen-bond donors (Lipinski definition) is 1. The lowest BCUT2D eigenvalue weighted by atomic mass is 10.0. The maximum Gasteiger partial charge on any atom is 0.573 e. The third-order valence-corrected chi connectivity index (χ3v) is 3.99. The number of ether oxygens (including phenoxy) is 1. The van der Waals surface area contributed by atoms with Crippen LogP contribution < -0.4 is 15.0 Å². The van der Waals surface area contributed by atoms with Gasteiger partial charge in [-0.05, 0) is 49.2 Å². The van der Waals surface area contributed by atoms with Gasteiger partial charge in [0.25, 0.3) is 0 Å². The molecule has 0 unspecified atom stereocenters. The Bertz CT molecular complexity index is 681. The van der Waals surface area contributed by atoms with Crippen LogP contribution >= 0.6 is 0 Å². The summed E-state index contributed by atoms with van der Waals surface area (Å²) in [5.41, 5.74) is 0.867. The van der Waals surface area contributed by atoms with Crippen molar-refractivity contribution in [1.29, 1.82) is 0 Å². The molecule has 0 atom stereocenters. The van der Waals surface area contributed by atoms with E-state index < -0.39 is 6.36 Å². The largest absolute Gasteiger partial charge is 0.573 e. The van der Waals surface area contributed by atoms with Crippen LogP contribution in [0.4, 0.5) is 29.1 Å². The molecule has 1 saturated heterocycles. The van der Waals surface area contributed by atoms with E-state index in [2.05, 4.69) is 15.0 Å². The molecule has 0 bridgehead atoms. The molecule has 0 saturated carbocycles. The lowest BCUT2D eigenvalue weighted by Gasteiger charge is -2.33. The van der Waals surface area contributed by atoms with Crippen molar-refractivity contribution in [2.45, 2.75) is 25.2 Å². The van der Waals surface area contributed by atoms with Gasteiger partial charge in [-0.3, -0.25) is 0 Å². The Kier molecular flexibility index (Phi) is 4.96. The van der Waals surface area contributed by atoms with Crippen molar-refractivity contribution in [2.24, 2.45) is 0 Å². The molecule has 3 rings (SSSR count). The highest BCUT2D eigenvalue weighted by atomic mass is 19.4. The third kappa shape index (κ3) is 4.98. The predicted molar refractivity (Wildman–Crippen MR) is 86.2 cm³/mol. The van der Waals surface area contributed by atoms with Crippen LogP contribution in [0.15, 0.2) is 42.6 Å². The van der Waals surface area contributed by atoms with E-state index in [1.54, 1.807) is 12.1 Å². The first-order chi connectivity index (χ1) is 11.9. The lowest BCUT2D eigenvalue weighted by Crippen LogP contribution is -2.39. The Labute approximate surface area is 142 Å². The number of pyridine rings is 1. The Hall–Kier alpha value is -2.51. The molecule has 1 aliphatic heterocycles. The molecule has 1 aromatic heterocycles. The van der Waals surface area contributed by atoms with Crippen molar-refractivity contribution in [2.75, 3.05) is 23.3 Å². The van der Waals surface area contributed by atoms with Crippen LogP contribution in [0, 0.1) is 5.82 Å². The molecule has 0 radical (unpaired) electrons. The van der Waals surface area contributed by atoms with Crippen molar-refractivity contribution in [3.8, 4) is 5.75 Å². The van der Waals surface area contributed by atoms with Crippen molar-refractivity contribution in [1.82, 2.24) is 4.98 Å². The number of rotatable bonds is 4. The zero-order chi connectivity index (χ0) is 17.9. The molecule has 0 spiro atoms. The molecule has 2 aromatic rings. The molecule has 0 aliphatic carbocycles. The number of nitrogens with zero attached hydrogens (tertiary/aromatic N) is 2. The minimum Gasteiger partial charge on any atom is -0.404 e. The van der Waals surface area contributed by atoms with E-state index in [0.717, 1.165) is 37.8 Å². The minimum atomic E-state index is -4.71. The fourth-order valence-electron chi connectivity index (χ4n) is 2.79. The van der Waals surface area contributed by atoms with Crippen LogP contribution in [-0.4, -0.2) is 30.5 Å². The Morgan fingerprint density at radius 3 is 2.28 bits per heavy atom. The Morgan fingerprint density at radius 2 is 1.72 bits per heavy atom. The number of piperidine rings is 1. The van der Waals surface area contributed by atoms with Gasteiger partial charge in [-0.1, -0.05) is 0 Å². The van der Waals surface area contributed by atoms with Gasteiger partial charge in [-0.15, -0.1) is 13.2 Å². The zero-order valence-electron chi connectivity index (χ0n) is 13.3. The number of alkyl halides is 3. The van der Waals surface area contributed by atoms with Crippen LogP contribution in [0.5, 0.6) is 5.75 Å². The van der Waals surface area contributed by atoms with E-state index in [9.17, 15) is 17.6 Å². The summed E-state index contributed by atoms with van der Waals surface area (Å²) in [5.74, 6) is 0.0169. The summed E-state index contributed by atoms with van der Waals surface area (Å²) in [6.45, 7) is 1.46. The van der Waals surface area contributed by atoms with Gasteiger partial charge in [0.2, 0.25) is 0 Å². The molecule has 25 heavy (non-hydrogen) atoms. The van der Waals surface area contributed by atoms with Crippen molar-refractivity contribution < 1.29 is 22.3 Å². The van der Waals surface area contributed by atoms with Gasteiger partial charge in [0, 0.05) is 24.8 Å². The molecular formula is C17H17F4N3O. The average Bonchev–Trinajstić information content (AvgIpc) is 2.57. The van der Waals surface area contributed by atoms with E-state index in [-0.39, 0.29) is 17.6 Å². The van der Waals surface area contributed by atoms with Gasteiger partial charge in [0.05, 0.1) is 6.20 Å². The fourth-order valence-corrected chi connectivity index (χ4v) is 2.79. The SMILES string of the molecule is Fc1ccc(NC2CCN(c3ccc(OC(F)(F)F)cn3)CC2)cc1. The quantitative estimate of drug-likeness (QED) is 0.834. The number of aromatic nitrogens is 1. The number of benzene rings is 1. The maximum absolute atomic E-state index is 12.9. The second kappa shape index (κ2) is 7.16. The van der Waals surface area contributed by atoms with Crippen LogP contribution in [0.1, 0.15) is 12.8 Å². The fraction of sp³-hybridized carbons (Fsp3) is 0.353.